The van der Waals surface area contributed by atoms with Crippen molar-refractivity contribution >= 4 is 11.6 Å². The summed E-state index contributed by atoms with van der Waals surface area (Å²) in [6.45, 7) is 1.45. The van der Waals surface area contributed by atoms with E-state index in [1.807, 2.05) is 116 Å². The Kier molecular flexibility index (Phi) is 8.44. The first-order valence-corrected chi connectivity index (χ1v) is 12.7. The molecule has 0 aromatic heterocycles. The molecular weight excluding hydrogens is 456 g/mol. The van der Waals surface area contributed by atoms with Crippen LogP contribution in [0.4, 0.5) is 0 Å². The zero-order valence-electron chi connectivity index (χ0n) is 21.9. The minimum absolute atomic E-state index is 0.0213. The second-order valence-corrected chi connectivity index (χ2v) is 10.0. The van der Waals surface area contributed by atoms with Crippen molar-refractivity contribution in [1.82, 2.24) is 5.32 Å². The average molecular weight is 492 g/mol. The Balaban J connectivity index is 1.64. The zero-order valence-corrected chi connectivity index (χ0v) is 21.9. The van der Waals surface area contributed by atoms with Crippen LogP contribution in [0.1, 0.15) is 49.0 Å². The molecule has 0 amide bonds. The van der Waals surface area contributed by atoms with Gasteiger partial charge in [-0.15, -0.1) is 0 Å². The summed E-state index contributed by atoms with van der Waals surface area (Å²) in [5.74, 6) is 0.133. The van der Waals surface area contributed by atoms with Crippen molar-refractivity contribution in [3.05, 3.63) is 143 Å². The van der Waals surface area contributed by atoms with Crippen LogP contribution in [-0.4, -0.2) is 43.7 Å². The van der Waals surface area contributed by atoms with Crippen LogP contribution in [0.5, 0.6) is 0 Å². The van der Waals surface area contributed by atoms with E-state index in [0.29, 0.717) is 27.7 Å². The number of rotatable bonds is 11. The average Bonchev–Trinajstić information content (AvgIpc) is 2.94. The highest BCUT2D eigenvalue weighted by Crippen LogP contribution is 2.30. The maximum Gasteiger partial charge on any atom is 0.224 e. The third kappa shape index (κ3) is 6.29. The number of benzene rings is 4. The number of carbonyl (C=O) groups excluding carboxylic acids is 2. The number of Topliss-reactive ketones (excluding diaryl/α,β-unsaturated/α-hetero) is 1. The number of hydrogen-bond acceptors (Lipinski definition) is 3. The summed E-state index contributed by atoms with van der Waals surface area (Å²) >= 11 is 0. The van der Waals surface area contributed by atoms with Crippen LogP contribution in [0.25, 0.3) is 0 Å². The molecule has 0 saturated carbocycles. The number of nitrogens with zero attached hydrogens (tertiary/aromatic N) is 1. The van der Waals surface area contributed by atoms with Gasteiger partial charge in [-0.2, -0.15) is 0 Å². The van der Waals surface area contributed by atoms with Gasteiger partial charge in [0.1, 0.15) is 0 Å². The van der Waals surface area contributed by atoms with Crippen LogP contribution in [-0.2, 0) is 13.0 Å². The molecule has 1 N–H and O–H groups in total. The van der Waals surface area contributed by atoms with E-state index in [2.05, 4.69) is 19.4 Å². The molecule has 4 aromatic rings. The second-order valence-electron chi connectivity index (χ2n) is 10.0. The number of hydrogen-bond donors (Lipinski definition) is 1. The van der Waals surface area contributed by atoms with Gasteiger partial charge in [-0.3, -0.25) is 9.59 Å². The molecule has 0 saturated heterocycles. The lowest BCUT2D eigenvalue weighted by atomic mass is 9.93. The first-order valence-electron chi connectivity index (χ1n) is 12.7. The predicted octanol–water partition coefficient (Wildman–Crippen LogP) is 5.88. The molecule has 0 aliphatic heterocycles. The third-order valence-corrected chi connectivity index (χ3v) is 6.95. The van der Waals surface area contributed by atoms with Crippen LogP contribution >= 0.6 is 0 Å². The van der Waals surface area contributed by atoms with Crippen LogP contribution in [0, 0.1) is 0 Å². The lowest BCUT2D eigenvalue weighted by Gasteiger charge is -2.37. The highest BCUT2D eigenvalue weighted by Gasteiger charge is 2.36. The van der Waals surface area contributed by atoms with Crippen LogP contribution in [0.15, 0.2) is 109 Å². The SMILES string of the molecule is CNCc1ccc(C(=O)c2ccccc2)cc1CC[N+](C)(C)C(C(=O)c1ccccc1)c1ccccc1. The van der Waals surface area contributed by atoms with Gasteiger partial charge >= 0.3 is 0 Å². The van der Waals surface area contributed by atoms with E-state index in [0.717, 1.165) is 29.7 Å². The summed E-state index contributed by atoms with van der Waals surface area (Å²) in [5, 5.41) is 3.25. The minimum atomic E-state index is -0.342. The number of ketones is 2. The third-order valence-electron chi connectivity index (χ3n) is 6.95. The van der Waals surface area contributed by atoms with E-state index in [1.54, 1.807) is 0 Å². The van der Waals surface area contributed by atoms with Gasteiger partial charge in [-0.1, -0.05) is 103 Å². The Labute approximate surface area is 220 Å². The molecule has 0 radical (unpaired) electrons. The molecule has 1 unspecified atom stereocenters. The van der Waals surface area contributed by atoms with Crippen LogP contribution in [0.3, 0.4) is 0 Å². The Morgan fingerprint density at radius 1 is 0.703 bits per heavy atom. The fraction of sp³-hybridized carbons (Fsp3) is 0.212. The van der Waals surface area contributed by atoms with Gasteiger partial charge in [0.2, 0.25) is 5.78 Å². The van der Waals surface area contributed by atoms with Crippen molar-refractivity contribution in [3.8, 4) is 0 Å². The summed E-state index contributed by atoms with van der Waals surface area (Å²) in [6, 6.07) is 34.6. The molecule has 4 rings (SSSR count). The number of nitrogens with one attached hydrogen (secondary N) is 1. The maximum atomic E-state index is 13.8. The zero-order chi connectivity index (χ0) is 26.3. The molecule has 0 bridgehead atoms. The summed E-state index contributed by atoms with van der Waals surface area (Å²) in [4.78, 5) is 26.9. The van der Waals surface area contributed by atoms with Crippen molar-refractivity contribution in [1.29, 1.82) is 0 Å². The van der Waals surface area contributed by atoms with Gasteiger partial charge < -0.3 is 9.80 Å². The predicted molar refractivity (Wildman–Crippen MR) is 150 cm³/mol. The minimum Gasteiger partial charge on any atom is -0.316 e. The summed E-state index contributed by atoms with van der Waals surface area (Å²) in [5.41, 5.74) is 5.38. The van der Waals surface area contributed by atoms with Crippen molar-refractivity contribution in [2.75, 3.05) is 27.7 Å². The van der Waals surface area contributed by atoms with E-state index in [4.69, 9.17) is 0 Å². The van der Waals surface area contributed by atoms with Crippen LogP contribution < -0.4 is 5.32 Å². The van der Waals surface area contributed by atoms with Crippen molar-refractivity contribution < 1.29 is 14.1 Å². The van der Waals surface area contributed by atoms with Crippen molar-refractivity contribution in [2.24, 2.45) is 0 Å². The smallest absolute Gasteiger partial charge is 0.224 e. The van der Waals surface area contributed by atoms with Gasteiger partial charge in [-0.25, -0.2) is 0 Å². The van der Waals surface area contributed by atoms with E-state index < -0.39 is 0 Å². The van der Waals surface area contributed by atoms with E-state index >= 15 is 0 Å². The quantitative estimate of drug-likeness (QED) is 0.211. The summed E-state index contributed by atoms with van der Waals surface area (Å²) < 4.78 is 0.494. The molecule has 0 aliphatic rings. The monoisotopic (exact) mass is 491 g/mol. The fourth-order valence-electron chi connectivity index (χ4n) is 4.92. The van der Waals surface area contributed by atoms with Gasteiger partial charge in [0.25, 0.3) is 0 Å². The highest BCUT2D eigenvalue weighted by atomic mass is 16.1. The molecular formula is C33H35N2O2+. The van der Waals surface area contributed by atoms with E-state index in [-0.39, 0.29) is 17.6 Å². The molecule has 4 aromatic carbocycles. The molecule has 0 heterocycles. The summed E-state index contributed by atoms with van der Waals surface area (Å²) in [6.07, 6.45) is 0.741. The standard InChI is InChI=1S/C33H35N2O2/c1-34-24-30-20-19-29(32(36)26-15-9-5-10-16-26)23-28(30)21-22-35(2,3)31(25-13-7-4-8-14-25)33(37)27-17-11-6-12-18-27/h4-20,23,31,34H,21-22,24H2,1-3H3/q+1. The largest absolute Gasteiger partial charge is 0.316 e. The first-order chi connectivity index (χ1) is 17.9. The van der Waals surface area contributed by atoms with Crippen LogP contribution in [0.2, 0.25) is 0 Å². The van der Waals surface area contributed by atoms with Gasteiger partial charge in [-0.05, 0) is 24.2 Å². The Morgan fingerprint density at radius 3 is 1.86 bits per heavy atom. The van der Waals surface area contributed by atoms with Gasteiger partial charge in [0.15, 0.2) is 11.8 Å². The molecule has 37 heavy (non-hydrogen) atoms. The Hall–Kier alpha value is -3.86. The molecule has 0 fully saturated rings. The molecule has 4 nitrogen and oxygen atoms in total. The molecule has 4 heteroatoms. The van der Waals surface area contributed by atoms with Gasteiger partial charge in [0.05, 0.1) is 20.6 Å². The van der Waals surface area contributed by atoms with Gasteiger partial charge in [0, 0.05) is 35.2 Å². The molecule has 1 atom stereocenters. The van der Waals surface area contributed by atoms with E-state index in [9.17, 15) is 9.59 Å². The lowest BCUT2D eigenvalue weighted by molar-refractivity contribution is -0.910. The highest BCUT2D eigenvalue weighted by molar-refractivity contribution is 6.09. The Morgan fingerprint density at radius 2 is 1.27 bits per heavy atom. The number of quaternary nitrogens is 1. The molecule has 0 aliphatic carbocycles. The molecule has 0 spiro atoms. The van der Waals surface area contributed by atoms with Crippen molar-refractivity contribution in [3.63, 3.8) is 0 Å². The number of carbonyl (C=O) groups is 2. The second kappa shape index (κ2) is 11.9. The first kappa shape index (κ1) is 26.2. The van der Waals surface area contributed by atoms with Crippen molar-refractivity contribution in [2.45, 2.75) is 19.0 Å². The normalized spacial score (nSPS) is 12.2. The fourth-order valence-corrected chi connectivity index (χ4v) is 4.92. The Bertz CT molecular complexity index is 1330. The number of likely N-dealkylation sites (N-methyl/N-ethyl adjacent to an activating group) is 1. The van der Waals surface area contributed by atoms with E-state index in [1.165, 1.54) is 0 Å². The lowest BCUT2D eigenvalue weighted by Crippen LogP contribution is -2.48. The topological polar surface area (TPSA) is 46.2 Å². The maximum absolute atomic E-state index is 13.8. The molecule has 188 valence electrons. The summed E-state index contributed by atoms with van der Waals surface area (Å²) in [7, 11) is 6.17.